The Balaban J connectivity index is 1.02. The second-order valence-corrected chi connectivity index (χ2v) is 14.9. The summed E-state index contributed by atoms with van der Waals surface area (Å²) in [5, 5.41) is 3.58. The maximum absolute atomic E-state index is 5.59. The average Bonchev–Trinajstić information content (AvgIpc) is 3.24. The van der Waals surface area contributed by atoms with Gasteiger partial charge in [0.25, 0.3) is 0 Å². The first-order valence-electron chi connectivity index (χ1n) is 19.5. The summed E-state index contributed by atoms with van der Waals surface area (Å²) in [4.78, 5) is 11.1. The first kappa shape index (κ1) is 32.6. The van der Waals surface area contributed by atoms with Crippen LogP contribution < -0.4 is 5.32 Å². The van der Waals surface area contributed by atoms with Crippen LogP contribution in [0.2, 0.25) is 0 Å². The predicted molar refractivity (Wildman–Crippen MR) is 221 cm³/mol. The van der Waals surface area contributed by atoms with Crippen molar-refractivity contribution in [3.05, 3.63) is 173 Å². The van der Waals surface area contributed by atoms with Crippen LogP contribution in [0.15, 0.2) is 160 Å². The van der Waals surface area contributed by atoms with Crippen LogP contribution in [-0.4, -0.2) is 24.1 Å². The minimum Gasteiger partial charge on any atom is -0.381 e. The van der Waals surface area contributed by atoms with Gasteiger partial charge in [0.05, 0.1) is 17.7 Å². The van der Waals surface area contributed by atoms with Crippen LogP contribution in [-0.2, 0) is 0 Å². The molecular weight excluding hydrogens is 631 g/mol. The van der Waals surface area contributed by atoms with Crippen molar-refractivity contribution in [1.29, 1.82) is 0 Å². The number of para-hydroxylation sites is 1. The van der Waals surface area contributed by atoms with Crippen molar-refractivity contribution in [2.24, 2.45) is 9.98 Å². The van der Waals surface area contributed by atoms with Gasteiger partial charge in [0.1, 0.15) is 0 Å². The Morgan fingerprint density at radius 2 is 1.56 bits per heavy atom. The number of anilines is 1. The zero-order valence-electron chi connectivity index (χ0n) is 30.0. The highest BCUT2D eigenvalue weighted by Crippen LogP contribution is 2.41. The molecule has 0 aromatic heterocycles. The molecule has 4 aliphatic carbocycles. The van der Waals surface area contributed by atoms with Crippen LogP contribution in [0.5, 0.6) is 0 Å². The van der Waals surface area contributed by atoms with Crippen molar-refractivity contribution in [3.63, 3.8) is 0 Å². The molecule has 1 N–H and O–H groups in total. The normalized spacial score (nSPS) is 23.7. The quantitative estimate of drug-likeness (QED) is 0.248. The predicted octanol–water partition coefficient (Wildman–Crippen LogP) is 12.3. The molecule has 0 saturated heterocycles. The molecule has 2 heterocycles. The number of nitrogens with one attached hydrogen (secondary N) is 1. The molecule has 3 heteroatoms. The Hall–Kier alpha value is -5.28. The van der Waals surface area contributed by atoms with E-state index in [0.29, 0.717) is 5.92 Å². The summed E-state index contributed by atoms with van der Waals surface area (Å²) >= 11 is 0. The van der Waals surface area contributed by atoms with E-state index in [1.807, 2.05) is 0 Å². The van der Waals surface area contributed by atoms with Gasteiger partial charge in [-0.05, 0) is 102 Å². The van der Waals surface area contributed by atoms with Crippen LogP contribution in [0.3, 0.4) is 0 Å². The SMILES string of the molecule is C1=CCCC(C2=NC(C3=CCC(c4ccc(-c5cccc6c5NCC=C6)cc4)C=C3)=NC(C3=CCCCC3)C2c2ccc(C3=CCCC=C3)cc2)=C1. The molecule has 0 bridgehead atoms. The van der Waals surface area contributed by atoms with E-state index in [1.54, 1.807) is 0 Å². The fourth-order valence-corrected chi connectivity index (χ4v) is 8.71. The molecule has 9 rings (SSSR count). The van der Waals surface area contributed by atoms with Crippen molar-refractivity contribution < 1.29 is 0 Å². The third kappa shape index (κ3) is 6.61. The Morgan fingerprint density at radius 1 is 0.673 bits per heavy atom. The Bertz CT molecular complexity index is 2160. The van der Waals surface area contributed by atoms with Gasteiger partial charge in [0.15, 0.2) is 5.84 Å². The van der Waals surface area contributed by atoms with E-state index in [1.165, 1.54) is 74.3 Å². The first-order valence-corrected chi connectivity index (χ1v) is 19.5. The molecule has 2 aliphatic heterocycles. The number of hydrogen-bond acceptors (Lipinski definition) is 3. The van der Waals surface area contributed by atoms with Crippen molar-refractivity contribution in [3.8, 4) is 11.1 Å². The topological polar surface area (TPSA) is 36.8 Å². The summed E-state index contributed by atoms with van der Waals surface area (Å²) in [5.41, 5.74) is 15.5. The van der Waals surface area contributed by atoms with E-state index in [2.05, 4.69) is 145 Å². The summed E-state index contributed by atoms with van der Waals surface area (Å²) in [6.45, 7) is 0.873. The lowest BCUT2D eigenvalue weighted by Crippen LogP contribution is -2.34. The molecule has 258 valence electrons. The molecule has 3 nitrogen and oxygen atoms in total. The zero-order chi connectivity index (χ0) is 34.7. The molecule has 0 saturated carbocycles. The minimum absolute atomic E-state index is 0.0579. The Kier molecular flexibility index (Phi) is 9.25. The van der Waals surface area contributed by atoms with Crippen LogP contribution in [0.4, 0.5) is 5.69 Å². The highest BCUT2D eigenvalue weighted by molar-refractivity contribution is 6.17. The number of aliphatic imine (C=N–C) groups is 2. The number of benzene rings is 3. The van der Waals surface area contributed by atoms with E-state index in [9.17, 15) is 0 Å². The average molecular weight is 678 g/mol. The van der Waals surface area contributed by atoms with Gasteiger partial charge in [-0.3, -0.25) is 4.99 Å². The fourth-order valence-electron chi connectivity index (χ4n) is 8.71. The van der Waals surface area contributed by atoms with Gasteiger partial charge in [-0.2, -0.15) is 0 Å². The van der Waals surface area contributed by atoms with Gasteiger partial charge in [-0.15, -0.1) is 0 Å². The number of allylic oxidation sites excluding steroid dienone is 11. The van der Waals surface area contributed by atoms with E-state index < -0.39 is 0 Å². The second-order valence-electron chi connectivity index (χ2n) is 14.9. The molecule has 6 aliphatic rings. The van der Waals surface area contributed by atoms with E-state index in [-0.39, 0.29) is 12.0 Å². The molecule has 3 atom stereocenters. The fraction of sp³-hybridized carbons (Fsp3) is 0.265. The molecule has 3 aromatic carbocycles. The van der Waals surface area contributed by atoms with Gasteiger partial charge < -0.3 is 5.32 Å². The first-order chi connectivity index (χ1) is 25.8. The number of rotatable bonds is 7. The molecule has 3 aromatic rings. The number of amidine groups is 1. The lowest BCUT2D eigenvalue weighted by atomic mass is 9.76. The van der Waals surface area contributed by atoms with Crippen molar-refractivity contribution >= 4 is 28.9 Å². The molecule has 0 amide bonds. The largest absolute Gasteiger partial charge is 0.381 e. The molecular formula is C49H47N3. The third-order valence-electron chi connectivity index (χ3n) is 11.5. The Morgan fingerprint density at radius 3 is 2.33 bits per heavy atom. The zero-order valence-corrected chi connectivity index (χ0v) is 30.0. The molecule has 52 heavy (non-hydrogen) atoms. The standard InChI is InChI=1S/C49H47N3/c1-4-12-34(13-5-1)35-23-29-39(30-24-35)45-47(41-14-6-2-7-15-41)51-49(52-48(45)42-16-8-3-9-17-42)43-31-25-37(26-32-43)36-21-27-38(28-22-36)44-20-10-18-40-19-11-33-50-46(40)44/h2,4,6,10-14,16,18-25,27-32,37,45,48,50H,1,3,5,7-9,15,17,26,33H2. The number of nitrogens with zero attached hydrogens (tertiary/aromatic N) is 2. The van der Waals surface area contributed by atoms with Crippen molar-refractivity contribution in [2.45, 2.75) is 75.7 Å². The van der Waals surface area contributed by atoms with E-state index in [4.69, 9.17) is 9.98 Å². The summed E-state index contributed by atoms with van der Waals surface area (Å²) in [7, 11) is 0. The highest BCUT2D eigenvalue weighted by Gasteiger charge is 2.36. The summed E-state index contributed by atoms with van der Waals surface area (Å²) < 4.78 is 0. The third-order valence-corrected chi connectivity index (χ3v) is 11.5. The summed E-state index contributed by atoms with van der Waals surface area (Å²) in [5.74, 6) is 1.34. The molecule has 0 radical (unpaired) electrons. The maximum atomic E-state index is 5.59. The summed E-state index contributed by atoms with van der Waals surface area (Å²) in [6, 6.07) is 25.1. The molecule has 0 spiro atoms. The highest BCUT2D eigenvalue weighted by atomic mass is 15.0. The van der Waals surface area contributed by atoms with Crippen LogP contribution in [0, 0.1) is 0 Å². The number of fused-ring (bicyclic) bond motifs is 1. The minimum atomic E-state index is 0.0579. The van der Waals surface area contributed by atoms with Crippen molar-refractivity contribution in [2.75, 3.05) is 11.9 Å². The second kappa shape index (κ2) is 14.8. The lowest BCUT2D eigenvalue weighted by molar-refractivity contribution is 0.609. The lowest BCUT2D eigenvalue weighted by Gasteiger charge is -2.35. The van der Waals surface area contributed by atoms with E-state index in [0.717, 1.165) is 62.9 Å². The van der Waals surface area contributed by atoms with Crippen LogP contribution >= 0.6 is 0 Å². The monoisotopic (exact) mass is 677 g/mol. The van der Waals surface area contributed by atoms with Crippen molar-refractivity contribution in [1.82, 2.24) is 0 Å². The van der Waals surface area contributed by atoms with Gasteiger partial charge in [0, 0.05) is 29.3 Å². The molecule has 3 unspecified atom stereocenters. The number of hydrogen-bond donors (Lipinski definition) is 1. The summed E-state index contributed by atoms with van der Waals surface area (Å²) in [6.07, 6.45) is 37.7. The van der Waals surface area contributed by atoms with Gasteiger partial charge in [0.2, 0.25) is 0 Å². The van der Waals surface area contributed by atoms with Gasteiger partial charge in [-0.25, -0.2) is 4.99 Å². The van der Waals surface area contributed by atoms with Crippen LogP contribution in [0.1, 0.15) is 91.9 Å². The van der Waals surface area contributed by atoms with Gasteiger partial charge >= 0.3 is 0 Å². The smallest absolute Gasteiger partial charge is 0.155 e. The van der Waals surface area contributed by atoms with Gasteiger partial charge in [-0.1, -0.05) is 140 Å². The maximum Gasteiger partial charge on any atom is 0.155 e. The molecule has 0 fully saturated rings. The Labute approximate surface area is 309 Å². The van der Waals surface area contributed by atoms with Crippen LogP contribution in [0.25, 0.3) is 22.8 Å². The van der Waals surface area contributed by atoms with E-state index >= 15 is 0 Å².